The number of ether oxygens (including phenoxy) is 2. The largest absolute Gasteiger partial charge is 0.493 e. The molecule has 1 heterocycles. The van der Waals surface area contributed by atoms with E-state index in [9.17, 15) is 9.59 Å². The highest BCUT2D eigenvalue weighted by atomic mass is 127. The van der Waals surface area contributed by atoms with Crippen LogP contribution in [-0.2, 0) is 11.4 Å². The molecule has 5 nitrogen and oxygen atoms in total. The molecule has 0 saturated carbocycles. The van der Waals surface area contributed by atoms with E-state index < -0.39 is 0 Å². The lowest BCUT2D eigenvalue weighted by atomic mass is 10.1. The van der Waals surface area contributed by atoms with E-state index in [4.69, 9.17) is 21.1 Å². The van der Waals surface area contributed by atoms with Crippen molar-refractivity contribution in [2.24, 2.45) is 0 Å². The minimum Gasteiger partial charge on any atom is -0.493 e. The van der Waals surface area contributed by atoms with E-state index in [0.29, 0.717) is 40.1 Å². The minimum atomic E-state index is -0.299. The Bertz CT molecular complexity index is 946. The molecule has 0 radical (unpaired) electrons. The fraction of sp³-hybridized carbons (Fsp3) is 0.200. The lowest BCUT2D eigenvalue weighted by Crippen LogP contribution is -2.27. The fourth-order valence-electron chi connectivity index (χ4n) is 2.62. The normalized spacial score (nSPS) is 15.4. The molecule has 0 N–H and O–H groups in total. The molecule has 0 spiro atoms. The predicted molar refractivity (Wildman–Crippen MR) is 120 cm³/mol. The molecule has 0 unspecified atom stereocenters. The highest BCUT2D eigenvalue weighted by Gasteiger charge is 2.33. The summed E-state index contributed by atoms with van der Waals surface area (Å²) in [6.07, 6.45) is 1.64. The molecule has 0 atom stereocenters. The molecule has 1 fully saturated rings. The van der Waals surface area contributed by atoms with Gasteiger partial charge in [-0.1, -0.05) is 23.7 Å². The Labute approximate surface area is 186 Å². The molecule has 28 heavy (non-hydrogen) atoms. The Balaban J connectivity index is 1.83. The van der Waals surface area contributed by atoms with Gasteiger partial charge in [-0.15, -0.1) is 0 Å². The maximum absolute atomic E-state index is 12.3. The van der Waals surface area contributed by atoms with Gasteiger partial charge in [0.05, 0.1) is 17.0 Å². The van der Waals surface area contributed by atoms with Crippen LogP contribution in [-0.4, -0.2) is 29.7 Å². The number of thioether (sulfide) groups is 1. The lowest BCUT2D eigenvalue weighted by Gasteiger charge is -2.13. The summed E-state index contributed by atoms with van der Waals surface area (Å²) in [4.78, 5) is 25.7. The van der Waals surface area contributed by atoms with E-state index in [0.717, 1.165) is 20.9 Å². The first-order valence-electron chi connectivity index (χ1n) is 8.43. The number of benzene rings is 2. The molecule has 2 aromatic carbocycles. The van der Waals surface area contributed by atoms with Crippen molar-refractivity contribution < 1.29 is 19.1 Å². The van der Waals surface area contributed by atoms with Crippen LogP contribution in [0.4, 0.5) is 4.79 Å². The summed E-state index contributed by atoms with van der Waals surface area (Å²) in [5.74, 6) is 0.590. The second-order valence-electron chi connectivity index (χ2n) is 5.88. The Hall–Kier alpha value is -1.71. The molecule has 2 aromatic rings. The summed E-state index contributed by atoms with van der Waals surface area (Å²) in [6.45, 7) is 2.46. The van der Waals surface area contributed by atoms with E-state index in [2.05, 4.69) is 22.6 Å². The van der Waals surface area contributed by atoms with Gasteiger partial charge in [-0.2, -0.15) is 0 Å². The van der Waals surface area contributed by atoms with Gasteiger partial charge in [0.15, 0.2) is 11.5 Å². The number of carbonyl (C=O) groups is 2. The van der Waals surface area contributed by atoms with Crippen LogP contribution >= 0.6 is 46.0 Å². The first-order valence-corrected chi connectivity index (χ1v) is 10.7. The average molecular weight is 530 g/mol. The molecule has 2 amide bonds. The Morgan fingerprint density at radius 3 is 2.54 bits per heavy atom. The van der Waals surface area contributed by atoms with Crippen molar-refractivity contribution in [1.82, 2.24) is 4.90 Å². The number of hydrogen-bond donors (Lipinski definition) is 0. The number of nitrogens with zero attached hydrogens (tertiary/aromatic N) is 1. The second-order valence-corrected chi connectivity index (χ2v) is 8.52. The van der Waals surface area contributed by atoms with E-state index in [1.807, 2.05) is 24.3 Å². The van der Waals surface area contributed by atoms with Crippen LogP contribution in [0, 0.1) is 3.57 Å². The summed E-state index contributed by atoms with van der Waals surface area (Å²) in [5.41, 5.74) is 1.67. The molecule has 146 valence electrons. The Kier molecular flexibility index (Phi) is 6.90. The van der Waals surface area contributed by atoms with Crippen LogP contribution in [0.1, 0.15) is 18.1 Å². The molecule has 1 aliphatic rings. The van der Waals surface area contributed by atoms with Crippen molar-refractivity contribution in [3.63, 3.8) is 0 Å². The van der Waals surface area contributed by atoms with E-state index in [1.165, 1.54) is 12.0 Å². The van der Waals surface area contributed by atoms with Crippen LogP contribution in [0.5, 0.6) is 11.5 Å². The van der Waals surface area contributed by atoms with Gasteiger partial charge >= 0.3 is 0 Å². The third-order valence-corrected chi connectivity index (χ3v) is 5.94. The number of rotatable bonds is 6. The number of halogens is 2. The molecule has 1 saturated heterocycles. The number of likely N-dealkylation sites (N-methyl/N-ethyl adjacent to an activating group) is 1. The Morgan fingerprint density at radius 2 is 1.93 bits per heavy atom. The average Bonchev–Trinajstić information content (AvgIpc) is 2.94. The molecular formula is C20H17ClINO4S. The van der Waals surface area contributed by atoms with Gasteiger partial charge in [0.1, 0.15) is 6.61 Å². The zero-order chi connectivity index (χ0) is 20.3. The summed E-state index contributed by atoms with van der Waals surface area (Å²) in [5, 5.41) is 0.0973. The van der Waals surface area contributed by atoms with Crippen molar-refractivity contribution >= 4 is 63.2 Å². The molecule has 0 aromatic heterocycles. The second kappa shape index (κ2) is 9.19. The molecule has 8 heteroatoms. The van der Waals surface area contributed by atoms with E-state index >= 15 is 0 Å². The smallest absolute Gasteiger partial charge is 0.293 e. The lowest BCUT2D eigenvalue weighted by molar-refractivity contribution is -0.122. The number of methoxy groups -OCH3 is 1. The highest BCUT2D eigenvalue weighted by molar-refractivity contribution is 14.1. The van der Waals surface area contributed by atoms with Gasteiger partial charge in [0, 0.05) is 10.1 Å². The van der Waals surface area contributed by atoms with Crippen LogP contribution in [0.2, 0.25) is 5.02 Å². The van der Waals surface area contributed by atoms with Crippen LogP contribution in [0.15, 0.2) is 41.3 Å². The maximum atomic E-state index is 12.3. The van der Waals surface area contributed by atoms with Gasteiger partial charge in [0.25, 0.3) is 11.1 Å². The van der Waals surface area contributed by atoms with Crippen molar-refractivity contribution in [3.05, 3.63) is 61.0 Å². The third kappa shape index (κ3) is 4.64. The first-order chi connectivity index (χ1) is 13.4. The summed E-state index contributed by atoms with van der Waals surface area (Å²) >= 11 is 9.57. The summed E-state index contributed by atoms with van der Waals surface area (Å²) < 4.78 is 12.4. The predicted octanol–water partition coefficient (Wildman–Crippen LogP) is 5.59. The zero-order valence-corrected chi connectivity index (χ0v) is 18.9. The van der Waals surface area contributed by atoms with Crippen LogP contribution in [0.3, 0.4) is 0 Å². The van der Waals surface area contributed by atoms with Gasteiger partial charge in [-0.05, 0) is 82.7 Å². The van der Waals surface area contributed by atoms with Crippen LogP contribution < -0.4 is 9.47 Å². The third-order valence-electron chi connectivity index (χ3n) is 4.04. The zero-order valence-electron chi connectivity index (χ0n) is 15.2. The minimum absolute atomic E-state index is 0.269. The SMILES string of the molecule is CCN1C(=O)S/C(=C/c2cc(Cl)c(OCc3ccc(I)cc3)c(OC)c2)C1=O. The molecule has 0 bridgehead atoms. The molecule has 1 aliphatic heterocycles. The van der Waals surface area contributed by atoms with Gasteiger partial charge in [-0.3, -0.25) is 14.5 Å². The van der Waals surface area contributed by atoms with Crippen molar-refractivity contribution in [2.45, 2.75) is 13.5 Å². The van der Waals surface area contributed by atoms with Gasteiger partial charge < -0.3 is 9.47 Å². The molecule has 0 aliphatic carbocycles. The molecule has 3 rings (SSSR count). The standard InChI is InChI=1S/C20H17ClINO4S/c1-3-23-19(24)17(28-20(23)25)10-13-8-15(21)18(16(9-13)26-2)27-11-12-4-6-14(22)7-5-12/h4-10H,3,11H2,1-2H3/b17-10+. The van der Waals surface area contributed by atoms with Crippen molar-refractivity contribution in [2.75, 3.05) is 13.7 Å². The van der Waals surface area contributed by atoms with E-state index in [1.54, 1.807) is 25.1 Å². The van der Waals surface area contributed by atoms with Gasteiger partial charge in [0.2, 0.25) is 0 Å². The highest BCUT2D eigenvalue weighted by Crippen LogP contribution is 2.39. The van der Waals surface area contributed by atoms with Crippen molar-refractivity contribution in [1.29, 1.82) is 0 Å². The van der Waals surface area contributed by atoms with Crippen LogP contribution in [0.25, 0.3) is 6.08 Å². The van der Waals surface area contributed by atoms with E-state index in [-0.39, 0.29) is 11.1 Å². The Morgan fingerprint density at radius 1 is 1.21 bits per heavy atom. The van der Waals surface area contributed by atoms with Gasteiger partial charge in [-0.25, -0.2) is 0 Å². The quantitative estimate of drug-likeness (QED) is 0.361. The number of imide groups is 1. The maximum Gasteiger partial charge on any atom is 0.293 e. The first kappa shape index (κ1) is 21.0. The summed E-state index contributed by atoms with van der Waals surface area (Å²) in [7, 11) is 1.53. The monoisotopic (exact) mass is 529 g/mol. The van der Waals surface area contributed by atoms with Crippen molar-refractivity contribution in [3.8, 4) is 11.5 Å². The number of hydrogen-bond acceptors (Lipinski definition) is 5. The summed E-state index contributed by atoms with van der Waals surface area (Å²) in [6, 6.07) is 11.4. The number of amides is 2. The number of carbonyl (C=O) groups excluding carboxylic acids is 2. The molecular weight excluding hydrogens is 513 g/mol. The fourth-order valence-corrected chi connectivity index (χ4v) is 4.16. The topological polar surface area (TPSA) is 55.8 Å².